The molecule has 2 rings (SSSR count). The number of nitrogens with one attached hydrogen (secondary N) is 1. The van der Waals surface area contributed by atoms with Gasteiger partial charge < -0.3 is 5.32 Å². The number of hydrogen-bond donors (Lipinski definition) is 1. The Morgan fingerprint density at radius 3 is 2.71 bits per heavy atom. The first kappa shape index (κ1) is 13.4. The van der Waals surface area contributed by atoms with Gasteiger partial charge in [-0.3, -0.25) is 0 Å². The van der Waals surface area contributed by atoms with Gasteiger partial charge in [0.2, 0.25) is 0 Å². The highest BCUT2D eigenvalue weighted by Gasteiger charge is 2.17. The lowest BCUT2D eigenvalue weighted by molar-refractivity contribution is 0.306. The molecule has 1 aliphatic carbocycles. The van der Waals surface area contributed by atoms with Crippen LogP contribution in [0.1, 0.15) is 38.2 Å². The second-order valence-corrected chi connectivity index (χ2v) is 6.40. The third-order valence-corrected chi connectivity index (χ3v) is 4.47. The van der Waals surface area contributed by atoms with Gasteiger partial charge in [-0.1, -0.05) is 34.5 Å². The summed E-state index contributed by atoms with van der Waals surface area (Å²) in [4.78, 5) is 0. The van der Waals surface area contributed by atoms with E-state index in [4.69, 9.17) is 11.6 Å². The quantitative estimate of drug-likeness (QED) is 0.847. The maximum atomic E-state index is 6.18. The average molecular weight is 317 g/mol. The molecule has 94 valence electrons. The summed E-state index contributed by atoms with van der Waals surface area (Å²) in [6.45, 7) is 3.22. The lowest BCUT2D eigenvalue weighted by Gasteiger charge is -2.27. The summed E-state index contributed by atoms with van der Waals surface area (Å²) in [5.41, 5.74) is 1.18. The molecule has 1 aromatic carbocycles. The molecular formula is C14H19BrClN. The fourth-order valence-corrected chi connectivity index (χ4v) is 2.99. The topological polar surface area (TPSA) is 12.0 Å². The first-order valence-corrected chi connectivity index (χ1v) is 7.49. The van der Waals surface area contributed by atoms with Crippen molar-refractivity contribution in [3.05, 3.63) is 33.3 Å². The molecule has 1 N–H and O–H groups in total. The second kappa shape index (κ2) is 6.21. The van der Waals surface area contributed by atoms with Crippen molar-refractivity contribution < 1.29 is 0 Å². The SMILES string of the molecule is CC1CCC(NCc2cc(Br)ccc2Cl)CC1. The van der Waals surface area contributed by atoms with Crippen LogP contribution in [0.3, 0.4) is 0 Å². The highest BCUT2D eigenvalue weighted by molar-refractivity contribution is 9.10. The molecule has 0 radical (unpaired) electrons. The van der Waals surface area contributed by atoms with Crippen LogP contribution in [0.4, 0.5) is 0 Å². The van der Waals surface area contributed by atoms with Crippen LogP contribution in [-0.4, -0.2) is 6.04 Å². The summed E-state index contributed by atoms with van der Waals surface area (Å²) < 4.78 is 1.09. The van der Waals surface area contributed by atoms with Crippen molar-refractivity contribution in [1.82, 2.24) is 5.32 Å². The maximum absolute atomic E-state index is 6.18. The van der Waals surface area contributed by atoms with E-state index in [9.17, 15) is 0 Å². The Bertz CT molecular complexity index is 372. The maximum Gasteiger partial charge on any atom is 0.0451 e. The van der Waals surface area contributed by atoms with Gasteiger partial charge in [0.15, 0.2) is 0 Å². The molecule has 1 nitrogen and oxygen atoms in total. The zero-order chi connectivity index (χ0) is 12.3. The Labute approximate surface area is 117 Å². The molecule has 0 aromatic heterocycles. The Balaban J connectivity index is 1.87. The van der Waals surface area contributed by atoms with Gasteiger partial charge in [-0.05, 0) is 55.4 Å². The van der Waals surface area contributed by atoms with Gasteiger partial charge in [0.25, 0.3) is 0 Å². The lowest BCUT2D eigenvalue weighted by Crippen LogP contribution is -2.32. The number of hydrogen-bond acceptors (Lipinski definition) is 1. The fourth-order valence-electron chi connectivity index (χ4n) is 2.40. The molecule has 0 saturated heterocycles. The first-order chi connectivity index (χ1) is 8.15. The highest BCUT2D eigenvalue weighted by atomic mass is 79.9. The molecular weight excluding hydrogens is 298 g/mol. The van der Waals surface area contributed by atoms with Crippen LogP contribution in [0.5, 0.6) is 0 Å². The van der Waals surface area contributed by atoms with Crippen LogP contribution in [0, 0.1) is 5.92 Å². The second-order valence-electron chi connectivity index (χ2n) is 5.07. The molecule has 1 fully saturated rings. The highest BCUT2D eigenvalue weighted by Crippen LogP contribution is 2.25. The standard InChI is InChI=1S/C14H19BrClN/c1-10-2-5-13(6-3-10)17-9-11-8-12(15)4-7-14(11)16/h4,7-8,10,13,17H,2-3,5-6,9H2,1H3. The molecule has 0 bridgehead atoms. The van der Waals surface area contributed by atoms with Gasteiger partial charge in [0, 0.05) is 22.1 Å². The van der Waals surface area contributed by atoms with E-state index in [1.54, 1.807) is 0 Å². The van der Waals surface area contributed by atoms with Crippen LogP contribution in [0.25, 0.3) is 0 Å². The smallest absolute Gasteiger partial charge is 0.0451 e. The molecule has 0 aliphatic heterocycles. The number of benzene rings is 1. The molecule has 17 heavy (non-hydrogen) atoms. The number of rotatable bonds is 3. The first-order valence-electron chi connectivity index (χ1n) is 6.32. The van der Waals surface area contributed by atoms with E-state index < -0.39 is 0 Å². The minimum absolute atomic E-state index is 0.668. The van der Waals surface area contributed by atoms with E-state index >= 15 is 0 Å². The van der Waals surface area contributed by atoms with E-state index in [1.807, 2.05) is 12.1 Å². The summed E-state index contributed by atoms with van der Waals surface area (Å²) in [6.07, 6.45) is 5.30. The largest absolute Gasteiger partial charge is 0.310 e. The third kappa shape index (κ3) is 3.97. The van der Waals surface area contributed by atoms with E-state index in [0.29, 0.717) is 6.04 Å². The lowest BCUT2D eigenvalue weighted by atomic mass is 9.87. The van der Waals surface area contributed by atoms with Crippen LogP contribution < -0.4 is 5.32 Å². The third-order valence-electron chi connectivity index (χ3n) is 3.60. The molecule has 0 amide bonds. The van der Waals surface area contributed by atoms with Gasteiger partial charge in [-0.2, -0.15) is 0 Å². The van der Waals surface area contributed by atoms with Gasteiger partial charge >= 0.3 is 0 Å². The fraction of sp³-hybridized carbons (Fsp3) is 0.571. The van der Waals surface area contributed by atoms with Crippen molar-refractivity contribution in [2.75, 3.05) is 0 Å². The molecule has 0 heterocycles. The zero-order valence-corrected chi connectivity index (χ0v) is 12.5. The van der Waals surface area contributed by atoms with Crippen molar-refractivity contribution in [2.45, 2.75) is 45.2 Å². The molecule has 1 aromatic rings. The summed E-state index contributed by atoms with van der Waals surface area (Å²) in [6, 6.07) is 6.70. The monoisotopic (exact) mass is 315 g/mol. The number of halogens is 2. The molecule has 0 unspecified atom stereocenters. The molecule has 0 spiro atoms. The molecule has 3 heteroatoms. The average Bonchev–Trinajstić information content (AvgIpc) is 2.32. The van der Waals surface area contributed by atoms with E-state index in [0.717, 1.165) is 22.0 Å². The summed E-state index contributed by atoms with van der Waals surface area (Å²) >= 11 is 9.66. The van der Waals surface area contributed by atoms with Gasteiger partial charge in [0.1, 0.15) is 0 Å². The normalized spacial score (nSPS) is 24.9. The molecule has 1 aliphatic rings. The zero-order valence-electron chi connectivity index (χ0n) is 10.2. The van der Waals surface area contributed by atoms with Crippen LogP contribution >= 0.6 is 27.5 Å². The van der Waals surface area contributed by atoms with E-state index in [1.165, 1.54) is 31.2 Å². The summed E-state index contributed by atoms with van der Waals surface area (Å²) in [5, 5.41) is 4.47. The van der Waals surface area contributed by atoms with Crippen molar-refractivity contribution in [3.63, 3.8) is 0 Å². The minimum Gasteiger partial charge on any atom is -0.310 e. The van der Waals surface area contributed by atoms with Crippen molar-refractivity contribution in [1.29, 1.82) is 0 Å². The van der Waals surface area contributed by atoms with Crippen LogP contribution in [0.2, 0.25) is 5.02 Å². The Kier molecular flexibility index (Phi) is 4.89. The molecule has 1 saturated carbocycles. The van der Waals surface area contributed by atoms with Crippen molar-refractivity contribution in [2.24, 2.45) is 5.92 Å². The molecule has 0 atom stereocenters. The van der Waals surface area contributed by atoms with Crippen molar-refractivity contribution in [3.8, 4) is 0 Å². The summed E-state index contributed by atoms with van der Waals surface area (Å²) in [5.74, 6) is 0.905. The summed E-state index contributed by atoms with van der Waals surface area (Å²) in [7, 11) is 0. The predicted molar refractivity (Wildman–Crippen MR) is 77.4 cm³/mol. The van der Waals surface area contributed by atoms with Gasteiger partial charge in [-0.15, -0.1) is 0 Å². The van der Waals surface area contributed by atoms with Crippen LogP contribution in [-0.2, 0) is 6.54 Å². The Morgan fingerprint density at radius 2 is 2.00 bits per heavy atom. The van der Waals surface area contributed by atoms with Crippen molar-refractivity contribution >= 4 is 27.5 Å². The van der Waals surface area contributed by atoms with Gasteiger partial charge in [0.05, 0.1) is 0 Å². The van der Waals surface area contributed by atoms with Crippen LogP contribution in [0.15, 0.2) is 22.7 Å². The Hall–Kier alpha value is -0.0500. The van der Waals surface area contributed by atoms with E-state index in [-0.39, 0.29) is 0 Å². The van der Waals surface area contributed by atoms with E-state index in [2.05, 4.69) is 34.2 Å². The predicted octanol–water partition coefficient (Wildman–Crippen LogP) is 4.77. The minimum atomic E-state index is 0.668. The van der Waals surface area contributed by atoms with Gasteiger partial charge in [-0.25, -0.2) is 0 Å². The Morgan fingerprint density at radius 1 is 1.29 bits per heavy atom.